The Morgan fingerprint density at radius 1 is 0.909 bits per heavy atom. The van der Waals surface area contributed by atoms with Crippen molar-refractivity contribution >= 4 is 40.4 Å². The molecule has 0 saturated heterocycles. The Labute approximate surface area is 198 Å². The van der Waals surface area contributed by atoms with Crippen molar-refractivity contribution in [1.29, 1.82) is 0 Å². The second-order valence-electron chi connectivity index (χ2n) is 8.26. The SMILES string of the molecule is COc1ccc(C2=C(Nc3ccc(C(C)C)cc3)C(=O)N(c3cc(Cl)ccc3C)C2=O)cc1. The van der Waals surface area contributed by atoms with Gasteiger partial charge in [-0.3, -0.25) is 9.59 Å². The van der Waals surface area contributed by atoms with E-state index in [1.54, 1.807) is 49.6 Å². The Hall–Kier alpha value is -3.57. The van der Waals surface area contributed by atoms with Gasteiger partial charge in [-0.25, -0.2) is 4.90 Å². The van der Waals surface area contributed by atoms with E-state index in [0.717, 1.165) is 11.3 Å². The van der Waals surface area contributed by atoms with E-state index in [-0.39, 0.29) is 5.70 Å². The summed E-state index contributed by atoms with van der Waals surface area (Å²) in [7, 11) is 1.58. The molecule has 0 atom stereocenters. The molecule has 0 bridgehead atoms. The number of aryl methyl sites for hydroxylation is 1. The van der Waals surface area contributed by atoms with Gasteiger partial charge in [0.15, 0.2) is 0 Å². The topological polar surface area (TPSA) is 58.6 Å². The molecule has 6 heteroatoms. The molecule has 1 aliphatic heterocycles. The normalized spacial score (nSPS) is 13.8. The number of hydrogen-bond donors (Lipinski definition) is 1. The lowest BCUT2D eigenvalue weighted by atomic mass is 10.0. The molecule has 0 fully saturated rings. The van der Waals surface area contributed by atoms with Gasteiger partial charge in [0, 0.05) is 10.7 Å². The molecule has 0 aromatic heterocycles. The lowest BCUT2D eigenvalue weighted by molar-refractivity contribution is -0.120. The number of carbonyl (C=O) groups excluding carboxylic acids is 2. The van der Waals surface area contributed by atoms with Gasteiger partial charge in [-0.2, -0.15) is 0 Å². The second-order valence-corrected chi connectivity index (χ2v) is 8.69. The minimum atomic E-state index is -0.427. The first-order chi connectivity index (χ1) is 15.8. The minimum Gasteiger partial charge on any atom is -0.497 e. The summed E-state index contributed by atoms with van der Waals surface area (Å²) in [4.78, 5) is 28.4. The van der Waals surface area contributed by atoms with E-state index in [0.29, 0.717) is 33.5 Å². The summed E-state index contributed by atoms with van der Waals surface area (Å²) in [5.74, 6) is 0.225. The van der Waals surface area contributed by atoms with Crippen molar-refractivity contribution < 1.29 is 14.3 Å². The predicted molar refractivity (Wildman–Crippen MR) is 133 cm³/mol. The Kier molecular flexibility index (Phi) is 6.25. The number of benzene rings is 3. The molecule has 4 rings (SSSR count). The van der Waals surface area contributed by atoms with Crippen LogP contribution in [0.1, 0.15) is 36.5 Å². The van der Waals surface area contributed by atoms with E-state index in [1.165, 1.54) is 10.5 Å². The molecule has 2 amide bonds. The fourth-order valence-electron chi connectivity index (χ4n) is 3.81. The highest BCUT2D eigenvalue weighted by Crippen LogP contribution is 2.36. The third-order valence-corrected chi connectivity index (χ3v) is 5.96. The van der Waals surface area contributed by atoms with Crippen molar-refractivity contribution in [2.45, 2.75) is 26.7 Å². The number of carbonyl (C=O) groups is 2. The van der Waals surface area contributed by atoms with Crippen LogP contribution in [-0.4, -0.2) is 18.9 Å². The maximum atomic E-state index is 13.6. The third kappa shape index (κ3) is 4.37. The van der Waals surface area contributed by atoms with Gasteiger partial charge in [-0.1, -0.05) is 55.8 Å². The van der Waals surface area contributed by atoms with E-state index in [4.69, 9.17) is 16.3 Å². The number of nitrogens with one attached hydrogen (secondary N) is 1. The molecular weight excluding hydrogens is 436 g/mol. The molecule has 0 radical (unpaired) electrons. The average Bonchev–Trinajstić information content (AvgIpc) is 3.05. The fourth-order valence-corrected chi connectivity index (χ4v) is 3.98. The number of anilines is 2. The van der Waals surface area contributed by atoms with Crippen LogP contribution in [0.15, 0.2) is 72.4 Å². The smallest absolute Gasteiger partial charge is 0.282 e. The van der Waals surface area contributed by atoms with Gasteiger partial charge in [0.2, 0.25) is 0 Å². The van der Waals surface area contributed by atoms with Gasteiger partial charge in [0.1, 0.15) is 11.4 Å². The monoisotopic (exact) mass is 460 g/mol. The van der Waals surface area contributed by atoms with Crippen LogP contribution in [-0.2, 0) is 9.59 Å². The van der Waals surface area contributed by atoms with E-state index in [1.807, 2.05) is 31.2 Å². The highest BCUT2D eigenvalue weighted by atomic mass is 35.5. The van der Waals surface area contributed by atoms with Crippen molar-refractivity contribution in [2.24, 2.45) is 0 Å². The van der Waals surface area contributed by atoms with Gasteiger partial charge < -0.3 is 10.1 Å². The van der Waals surface area contributed by atoms with Crippen LogP contribution in [0.5, 0.6) is 5.75 Å². The lowest BCUT2D eigenvalue weighted by Gasteiger charge is -2.18. The van der Waals surface area contributed by atoms with Gasteiger partial charge in [0.05, 0.1) is 18.4 Å². The summed E-state index contributed by atoms with van der Waals surface area (Å²) in [6.45, 7) is 6.09. The molecule has 0 spiro atoms. The molecule has 3 aromatic carbocycles. The van der Waals surface area contributed by atoms with Gasteiger partial charge in [-0.15, -0.1) is 0 Å². The summed E-state index contributed by atoms with van der Waals surface area (Å²) in [6, 6.07) is 20.1. The van der Waals surface area contributed by atoms with E-state index in [9.17, 15) is 9.59 Å². The molecule has 0 unspecified atom stereocenters. The molecule has 0 aliphatic carbocycles. The number of hydrogen-bond acceptors (Lipinski definition) is 4. The van der Waals surface area contributed by atoms with Crippen molar-refractivity contribution in [1.82, 2.24) is 0 Å². The van der Waals surface area contributed by atoms with Crippen molar-refractivity contribution in [3.8, 4) is 5.75 Å². The number of rotatable bonds is 6. The molecule has 3 aromatic rings. The van der Waals surface area contributed by atoms with E-state index >= 15 is 0 Å². The van der Waals surface area contributed by atoms with E-state index < -0.39 is 11.8 Å². The van der Waals surface area contributed by atoms with Gasteiger partial charge in [-0.05, 0) is 65.9 Å². The first-order valence-electron chi connectivity index (χ1n) is 10.7. The van der Waals surface area contributed by atoms with Gasteiger partial charge in [0.25, 0.3) is 11.8 Å². The standard InChI is InChI=1S/C27H25ClN2O3/c1-16(2)18-6-11-21(12-7-18)29-25-24(19-8-13-22(33-4)14-9-19)26(31)30(27(25)32)23-15-20(28)10-5-17(23)3/h5-16,29H,1-4H3. The Bertz CT molecular complexity index is 1250. The number of halogens is 1. The van der Waals surface area contributed by atoms with Gasteiger partial charge >= 0.3 is 0 Å². The summed E-state index contributed by atoms with van der Waals surface area (Å²) < 4.78 is 5.24. The third-order valence-electron chi connectivity index (χ3n) is 5.72. The highest BCUT2D eigenvalue weighted by molar-refractivity contribution is 6.46. The molecule has 33 heavy (non-hydrogen) atoms. The number of imide groups is 1. The predicted octanol–water partition coefficient (Wildman–Crippen LogP) is 6.18. The maximum absolute atomic E-state index is 13.6. The molecule has 1 heterocycles. The average molecular weight is 461 g/mol. The largest absolute Gasteiger partial charge is 0.497 e. The van der Waals surface area contributed by atoms with Crippen LogP contribution in [0, 0.1) is 6.92 Å². The van der Waals surface area contributed by atoms with Crippen LogP contribution in [0.2, 0.25) is 5.02 Å². The van der Waals surface area contributed by atoms with Crippen LogP contribution in [0.4, 0.5) is 11.4 Å². The fraction of sp³-hybridized carbons (Fsp3) is 0.185. The maximum Gasteiger partial charge on any atom is 0.282 e. The van der Waals surface area contributed by atoms with Crippen LogP contribution >= 0.6 is 11.6 Å². The number of nitrogens with zero attached hydrogens (tertiary/aromatic N) is 1. The first kappa shape index (κ1) is 22.6. The molecule has 0 saturated carbocycles. The number of methoxy groups -OCH3 is 1. The zero-order valence-electron chi connectivity index (χ0n) is 19.0. The Balaban J connectivity index is 1.80. The summed E-state index contributed by atoms with van der Waals surface area (Å²) in [5.41, 5.74) is 4.31. The summed E-state index contributed by atoms with van der Waals surface area (Å²) in [5, 5.41) is 3.65. The Morgan fingerprint density at radius 3 is 2.18 bits per heavy atom. The second kappa shape index (κ2) is 9.12. The first-order valence-corrected chi connectivity index (χ1v) is 11.1. The molecule has 1 N–H and O–H groups in total. The molecule has 1 aliphatic rings. The van der Waals surface area contributed by atoms with Crippen LogP contribution in [0.3, 0.4) is 0 Å². The summed E-state index contributed by atoms with van der Waals surface area (Å²) >= 11 is 6.19. The zero-order valence-corrected chi connectivity index (χ0v) is 19.7. The molecule has 5 nitrogen and oxygen atoms in total. The van der Waals surface area contributed by atoms with Crippen LogP contribution in [0.25, 0.3) is 5.57 Å². The molecular formula is C27H25ClN2O3. The van der Waals surface area contributed by atoms with E-state index in [2.05, 4.69) is 19.2 Å². The lowest BCUT2D eigenvalue weighted by Crippen LogP contribution is -2.33. The quantitative estimate of drug-likeness (QED) is 0.446. The highest BCUT2D eigenvalue weighted by Gasteiger charge is 2.41. The number of amides is 2. The van der Waals surface area contributed by atoms with Crippen molar-refractivity contribution in [3.05, 3.63) is 94.1 Å². The minimum absolute atomic E-state index is 0.224. The van der Waals surface area contributed by atoms with Crippen molar-refractivity contribution in [2.75, 3.05) is 17.3 Å². The van der Waals surface area contributed by atoms with Crippen LogP contribution < -0.4 is 15.0 Å². The summed E-state index contributed by atoms with van der Waals surface area (Å²) in [6.07, 6.45) is 0. The van der Waals surface area contributed by atoms with Crippen molar-refractivity contribution in [3.63, 3.8) is 0 Å². The zero-order chi connectivity index (χ0) is 23.7. The molecule has 168 valence electrons. The number of ether oxygens (including phenoxy) is 1. The Morgan fingerprint density at radius 2 is 1.58 bits per heavy atom.